The number of piperidine rings is 1. The van der Waals surface area contributed by atoms with Crippen molar-refractivity contribution in [1.29, 1.82) is 0 Å². The van der Waals surface area contributed by atoms with Gasteiger partial charge in [0, 0.05) is 19.1 Å². The minimum atomic E-state index is 0.242. The Hall–Kier alpha value is -2.01. The van der Waals surface area contributed by atoms with E-state index in [1.54, 1.807) is 10.7 Å². The van der Waals surface area contributed by atoms with Crippen molar-refractivity contribution < 1.29 is 5.11 Å². The monoisotopic (exact) mass is 272 g/mol. The number of nitrogens with two attached hydrogens (primary N) is 1. The lowest BCUT2D eigenvalue weighted by atomic mass is 10.1. The third-order valence-electron chi connectivity index (χ3n) is 3.97. The van der Waals surface area contributed by atoms with Gasteiger partial charge in [-0.3, -0.25) is 0 Å². The van der Waals surface area contributed by atoms with Crippen molar-refractivity contribution in [2.75, 3.05) is 18.0 Å². The second-order valence-corrected chi connectivity index (χ2v) is 5.34. The van der Waals surface area contributed by atoms with Gasteiger partial charge in [-0.1, -0.05) is 12.1 Å². The lowest BCUT2D eigenvalue weighted by Crippen LogP contribution is -2.39. The summed E-state index contributed by atoms with van der Waals surface area (Å²) in [5, 5.41) is 14.4. The zero-order valence-electron chi connectivity index (χ0n) is 11.7. The first-order chi connectivity index (χ1) is 9.66. The first kappa shape index (κ1) is 13.0. The van der Waals surface area contributed by atoms with Gasteiger partial charge in [-0.2, -0.15) is 5.10 Å². The molecule has 0 amide bonds. The van der Waals surface area contributed by atoms with Crippen LogP contribution < -0.4 is 10.6 Å². The summed E-state index contributed by atoms with van der Waals surface area (Å²) >= 11 is 0. The number of phenolic OH excluding ortho intramolecular Hbond substituents is 1. The highest BCUT2D eigenvalue weighted by Gasteiger charge is 2.20. The minimum Gasteiger partial charge on any atom is -0.506 e. The maximum atomic E-state index is 9.95. The molecule has 1 aliphatic rings. The van der Waals surface area contributed by atoms with Crippen molar-refractivity contribution >= 4 is 5.69 Å². The molecule has 1 fully saturated rings. The maximum Gasteiger partial charge on any atom is 0.141 e. The van der Waals surface area contributed by atoms with Crippen LogP contribution in [0.5, 0.6) is 5.75 Å². The van der Waals surface area contributed by atoms with Crippen LogP contribution in [0.25, 0.3) is 5.69 Å². The smallest absolute Gasteiger partial charge is 0.141 e. The highest BCUT2D eigenvalue weighted by Crippen LogP contribution is 2.28. The van der Waals surface area contributed by atoms with Crippen LogP contribution in [0.15, 0.2) is 30.5 Å². The molecular formula is C15H20N4O. The quantitative estimate of drug-likeness (QED) is 0.875. The van der Waals surface area contributed by atoms with Crippen LogP contribution in [0.2, 0.25) is 0 Å². The number of phenols is 1. The zero-order valence-corrected chi connectivity index (χ0v) is 11.7. The van der Waals surface area contributed by atoms with Crippen molar-refractivity contribution in [1.82, 2.24) is 9.78 Å². The molecule has 0 atom stereocenters. The third kappa shape index (κ3) is 2.25. The summed E-state index contributed by atoms with van der Waals surface area (Å²) in [5.41, 5.74) is 8.83. The van der Waals surface area contributed by atoms with E-state index in [-0.39, 0.29) is 5.75 Å². The van der Waals surface area contributed by atoms with E-state index < -0.39 is 0 Å². The fraction of sp³-hybridized carbons (Fsp3) is 0.400. The maximum absolute atomic E-state index is 9.95. The first-order valence-corrected chi connectivity index (χ1v) is 7.00. The van der Waals surface area contributed by atoms with Crippen LogP contribution in [0, 0.1) is 6.92 Å². The molecule has 2 heterocycles. The Labute approximate surface area is 118 Å². The number of aromatic nitrogens is 2. The molecule has 0 saturated carbocycles. The van der Waals surface area contributed by atoms with Crippen molar-refractivity contribution in [3.05, 3.63) is 36.2 Å². The normalized spacial score (nSPS) is 16.6. The van der Waals surface area contributed by atoms with E-state index in [2.05, 4.69) is 10.00 Å². The van der Waals surface area contributed by atoms with E-state index in [4.69, 9.17) is 5.73 Å². The number of anilines is 1. The van der Waals surface area contributed by atoms with Crippen LogP contribution in [0.1, 0.15) is 18.5 Å². The van der Waals surface area contributed by atoms with Crippen LogP contribution in [-0.2, 0) is 0 Å². The molecule has 1 aromatic heterocycles. The summed E-state index contributed by atoms with van der Waals surface area (Å²) in [6.07, 6.45) is 3.90. The number of nitrogens with zero attached hydrogens (tertiary/aromatic N) is 3. The molecule has 5 heteroatoms. The van der Waals surface area contributed by atoms with E-state index in [9.17, 15) is 5.11 Å². The Kier molecular flexibility index (Phi) is 3.36. The van der Waals surface area contributed by atoms with Gasteiger partial charge in [0.2, 0.25) is 0 Å². The summed E-state index contributed by atoms with van der Waals surface area (Å²) in [5.74, 6) is 0.242. The lowest BCUT2D eigenvalue weighted by Gasteiger charge is -2.31. The lowest BCUT2D eigenvalue weighted by molar-refractivity contribution is 0.470. The molecule has 0 spiro atoms. The summed E-state index contributed by atoms with van der Waals surface area (Å²) in [7, 11) is 0. The number of para-hydroxylation sites is 2. The van der Waals surface area contributed by atoms with Gasteiger partial charge in [0.15, 0.2) is 0 Å². The molecule has 0 radical (unpaired) electrons. The molecule has 0 unspecified atom stereocenters. The minimum absolute atomic E-state index is 0.242. The standard InChI is InChI=1S/C15H20N4O/c1-11-14(18-8-6-12(16)7-9-18)10-17-19(11)13-4-2-3-5-15(13)20/h2-5,10,12,20H,6-9,16H2,1H3. The Bertz CT molecular complexity index is 600. The summed E-state index contributed by atoms with van der Waals surface area (Å²) in [4.78, 5) is 2.32. The van der Waals surface area contributed by atoms with E-state index in [1.165, 1.54) is 0 Å². The van der Waals surface area contributed by atoms with E-state index >= 15 is 0 Å². The second-order valence-electron chi connectivity index (χ2n) is 5.34. The summed E-state index contributed by atoms with van der Waals surface area (Å²) in [6, 6.07) is 7.57. The fourth-order valence-corrected chi connectivity index (χ4v) is 2.74. The number of rotatable bonds is 2. The topological polar surface area (TPSA) is 67.3 Å². The number of aromatic hydroxyl groups is 1. The Morgan fingerprint density at radius 3 is 2.60 bits per heavy atom. The summed E-state index contributed by atoms with van der Waals surface area (Å²) in [6.45, 7) is 3.96. The highest BCUT2D eigenvalue weighted by atomic mass is 16.3. The third-order valence-corrected chi connectivity index (χ3v) is 3.97. The molecule has 3 N–H and O–H groups in total. The van der Waals surface area contributed by atoms with Gasteiger partial charge in [0.25, 0.3) is 0 Å². The second kappa shape index (κ2) is 5.17. The number of benzene rings is 1. The van der Waals surface area contributed by atoms with Crippen LogP contribution in [-0.4, -0.2) is 34.0 Å². The predicted molar refractivity (Wildman–Crippen MR) is 79.4 cm³/mol. The van der Waals surface area contributed by atoms with Crippen LogP contribution in [0.3, 0.4) is 0 Å². The Morgan fingerprint density at radius 1 is 1.20 bits per heavy atom. The van der Waals surface area contributed by atoms with Gasteiger partial charge in [-0.25, -0.2) is 4.68 Å². The average Bonchev–Trinajstić information content (AvgIpc) is 2.82. The van der Waals surface area contributed by atoms with Crippen molar-refractivity contribution in [2.24, 2.45) is 5.73 Å². The average molecular weight is 272 g/mol. The molecule has 1 aromatic carbocycles. The van der Waals surface area contributed by atoms with Gasteiger partial charge in [-0.05, 0) is 31.9 Å². The highest BCUT2D eigenvalue weighted by molar-refractivity contribution is 5.54. The largest absolute Gasteiger partial charge is 0.506 e. The van der Waals surface area contributed by atoms with Gasteiger partial charge >= 0.3 is 0 Å². The summed E-state index contributed by atoms with van der Waals surface area (Å²) < 4.78 is 1.79. The zero-order chi connectivity index (χ0) is 14.1. The Morgan fingerprint density at radius 2 is 1.90 bits per heavy atom. The van der Waals surface area contributed by atoms with Gasteiger partial charge in [0.05, 0.1) is 17.6 Å². The molecule has 1 saturated heterocycles. The number of hydrogen-bond donors (Lipinski definition) is 2. The van der Waals surface area contributed by atoms with Gasteiger partial charge in [-0.15, -0.1) is 0 Å². The van der Waals surface area contributed by atoms with Crippen molar-refractivity contribution in [2.45, 2.75) is 25.8 Å². The van der Waals surface area contributed by atoms with Gasteiger partial charge in [0.1, 0.15) is 11.4 Å². The molecular weight excluding hydrogens is 252 g/mol. The molecule has 0 bridgehead atoms. The van der Waals surface area contributed by atoms with Crippen LogP contribution >= 0.6 is 0 Å². The SMILES string of the molecule is Cc1c(N2CCC(N)CC2)cnn1-c1ccccc1O. The predicted octanol–water partition coefficient (Wildman–Crippen LogP) is 1.81. The van der Waals surface area contributed by atoms with Crippen molar-refractivity contribution in [3.8, 4) is 11.4 Å². The first-order valence-electron chi connectivity index (χ1n) is 7.00. The Balaban J connectivity index is 1.91. The molecule has 3 rings (SSSR count). The van der Waals surface area contributed by atoms with E-state index in [0.29, 0.717) is 11.7 Å². The molecule has 1 aliphatic heterocycles. The fourth-order valence-electron chi connectivity index (χ4n) is 2.74. The van der Waals surface area contributed by atoms with Gasteiger partial charge < -0.3 is 15.7 Å². The van der Waals surface area contributed by atoms with E-state index in [1.807, 2.05) is 31.3 Å². The molecule has 106 valence electrons. The van der Waals surface area contributed by atoms with E-state index in [0.717, 1.165) is 37.3 Å². The molecule has 0 aliphatic carbocycles. The number of hydrogen-bond acceptors (Lipinski definition) is 4. The molecule has 2 aromatic rings. The van der Waals surface area contributed by atoms with Crippen molar-refractivity contribution in [3.63, 3.8) is 0 Å². The molecule has 20 heavy (non-hydrogen) atoms. The van der Waals surface area contributed by atoms with Crippen LogP contribution in [0.4, 0.5) is 5.69 Å². The molecule has 5 nitrogen and oxygen atoms in total.